The zero-order chi connectivity index (χ0) is 21.2. The lowest BCUT2D eigenvalue weighted by Gasteiger charge is -2.13. The minimum atomic E-state index is -0.606. The van der Waals surface area contributed by atoms with Gasteiger partial charge in [-0.15, -0.1) is 0 Å². The molecule has 6 nitrogen and oxygen atoms in total. The second-order valence-corrected chi connectivity index (χ2v) is 6.57. The van der Waals surface area contributed by atoms with Crippen molar-refractivity contribution in [1.29, 1.82) is 0 Å². The molecule has 0 spiro atoms. The molecule has 2 aromatic rings. The normalized spacial score (nSPS) is 10.8. The highest BCUT2D eigenvalue weighted by atomic mass is 16.5. The molecule has 0 aliphatic carbocycles. The SMILES string of the molecule is CCOc1ccc(/C=C/C(=O)OCC(=O)Nc2ccccc2C(C)C)cc1OC. The van der Waals surface area contributed by atoms with Crippen LogP contribution in [-0.2, 0) is 14.3 Å². The first kappa shape index (κ1) is 22.0. The molecule has 0 atom stereocenters. The van der Waals surface area contributed by atoms with Crippen LogP contribution in [0.4, 0.5) is 5.69 Å². The minimum absolute atomic E-state index is 0.267. The Labute approximate surface area is 171 Å². The van der Waals surface area contributed by atoms with Gasteiger partial charge in [0.1, 0.15) is 0 Å². The maximum absolute atomic E-state index is 12.1. The third kappa shape index (κ3) is 6.68. The highest BCUT2D eigenvalue weighted by Crippen LogP contribution is 2.28. The number of anilines is 1. The first-order chi connectivity index (χ1) is 13.9. The number of hydrogen-bond donors (Lipinski definition) is 1. The van der Waals surface area contributed by atoms with Crippen molar-refractivity contribution < 1.29 is 23.8 Å². The molecule has 0 saturated heterocycles. The number of hydrogen-bond acceptors (Lipinski definition) is 5. The van der Waals surface area contributed by atoms with E-state index in [1.165, 1.54) is 6.08 Å². The highest BCUT2D eigenvalue weighted by Gasteiger charge is 2.10. The number of nitrogens with one attached hydrogen (secondary N) is 1. The number of rotatable bonds is 9. The Hall–Kier alpha value is -3.28. The van der Waals surface area contributed by atoms with Crippen molar-refractivity contribution in [2.24, 2.45) is 0 Å². The first-order valence-electron chi connectivity index (χ1n) is 9.49. The molecule has 2 aromatic carbocycles. The number of carbonyl (C=O) groups excluding carboxylic acids is 2. The monoisotopic (exact) mass is 397 g/mol. The summed E-state index contributed by atoms with van der Waals surface area (Å²) in [6, 6.07) is 12.9. The molecule has 0 heterocycles. The molecule has 0 aromatic heterocycles. The number of ether oxygens (including phenoxy) is 3. The quantitative estimate of drug-likeness (QED) is 0.501. The lowest BCUT2D eigenvalue weighted by atomic mass is 10.0. The van der Waals surface area contributed by atoms with Crippen LogP contribution >= 0.6 is 0 Å². The minimum Gasteiger partial charge on any atom is -0.493 e. The van der Waals surface area contributed by atoms with E-state index in [-0.39, 0.29) is 18.4 Å². The van der Waals surface area contributed by atoms with Crippen molar-refractivity contribution >= 4 is 23.6 Å². The van der Waals surface area contributed by atoms with Crippen LogP contribution in [0.15, 0.2) is 48.5 Å². The number of amides is 1. The summed E-state index contributed by atoms with van der Waals surface area (Å²) in [6.07, 6.45) is 2.86. The number of carbonyl (C=O) groups is 2. The fourth-order valence-corrected chi connectivity index (χ4v) is 2.71. The zero-order valence-corrected chi connectivity index (χ0v) is 17.2. The van der Waals surface area contributed by atoms with E-state index >= 15 is 0 Å². The summed E-state index contributed by atoms with van der Waals surface area (Å²) in [7, 11) is 1.55. The second-order valence-electron chi connectivity index (χ2n) is 6.57. The van der Waals surface area contributed by atoms with Gasteiger partial charge in [-0.2, -0.15) is 0 Å². The predicted octanol–water partition coefficient (Wildman–Crippen LogP) is 4.41. The summed E-state index contributed by atoms with van der Waals surface area (Å²) in [5, 5.41) is 2.78. The lowest BCUT2D eigenvalue weighted by Crippen LogP contribution is -2.21. The van der Waals surface area contributed by atoms with E-state index in [0.717, 1.165) is 16.8 Å². The third-order valence-electron chi connectivity index (χ3n) is 4.10. The van der Waals surface area contributed by atoms with Gasteiger partial charge in [-0.3, -0.25) is 4.79 Å². The topological polar surface area (TPSA) is 73.9 Å². The molecule has 0 fully saturated rings. The molecular weight excluding hydrogens is 370 g/mol. The summed E-state index contributed by atoms with van der Waals surface area (Å²) < 4.78 is 15.8. The lowest BCUT2D eigenvalue weighted by molar-refractivity contribution is -0.142. The molecule has 1 N–H and O–H groups in total. The summed E-state index contributed by atoms with van der Waals surface area (Å²) in [5.41, 5.74) is 2.50. The molecule has 154 valence electrons. The number of methoxy groups -OCH3 is 1. The Bertz CT molecular complexity index is 873. The van der Waals surface area contributed by atoms with E-state index in [1.54, 1.807) is 31.4 Å². The van der Waals surface area contributed by atoms with Gasteiger partial charge in [0.15, 0.2) is 18.1 Å². The maximum Gasteiger partial charge on any atom is 0.331 e. The van der Waals surface area contributed by atoms with Crippen molar-refractivity contribution in [2.75, 3.05) is 25.6 Å². The molecule has 6 heteroatoms. The highest BCUT2D eigenvalue weighted by molar-refractivity contribution is 5.95. The van der Waals surface area contributed by atoms with Crippen LogP contribution in [0, 0.1) is 0 Å². The van der Waals surface area contributed by atoms with Crippen LogP contribution in [0.25, 0.3) is 6.08 Å². The molecule has 1 amide bonds. The maximum atomic E-state index is 12.1. The van der Waals surface area contributed by atoms with Crippen LogP contribution in [0.3, 0.4) is 0 Å². The summed E-state index contributed by atoms with van der Waals surface area (Å²) in [5.74, 6) is 0.481. The van der Waals surface area contributed by atoms with Gasteiger partial charge in [0, 0.05) is 11.8 Å². The van der Waals surface area contributed by atoms with Crippen LogP contribution in [0.5, 0.6) is 11.5 Å². The molecule has 0 aliphatic rings. The van der Waals surface area contributed by atoms with E-state index in [1.807, 2.05) is 45.0 Å². The largest absolute Gasteiger partial charge is 0.493 e. The van der Waals surface area contributed by atoms with Gasteiger partial charge in [0.25, 0.3) is 5.91 Å². The van der Waals surface area contributed by atoms with Crippen LogP contribution in [-0.4, -0.2) is 32.2 Å². The zero-order valence-electron chi connectivity index (χ0n) is 17.2. The van der Waals surface area contributed by atoms with E-state index < -0.39 is 5.97 Å². The molecule has 0 aliphatic heterocycles. The average Bonchev–Trinajstić information content (AvgIpc) is 2.71. The van der Waals surface area contributed by atoms with Crippen molar-refractivity contribution in [3.8, 4) is 11.5 Å². The van der Waals surface area contributed by atoms with Crippen LogP contribution in [0.1, 0.15) is 37.8 Å². The molecule has 29 heavy (non-hydrogen) atoms. The number of benzene rings is 2. The number of esters is 1. The van der Waals surface area contributed by atoms with Crippen molar-refractivity contribution in [1.82, 2.24) is 0 Å². The predicted molar refractivity (Wildman–Crippen MR) is 113 cm³/mol. The van der Waals surface area contributed by atoms with Gasteiger partial charge in [0.2, 0.25) is 0 Å². The van der Waals surface area contributed by atoms with Crippen molar-refractivity contribution in [3.63, 3.8) is 0 Å². The third-order valence-corrected chi connectivity index (χ3v) is 4.10. The molecule has 2 rings (SSSR count). The number of para-hydroxylation sites is 1. The van der Waals surface area contributed by atoms with Crippen LogP contribution < -0.4 is 14.8 Å². The fourth-order valence-electron chi connectivity index (χ4n) is 2.71. The summed E-state index contributed by atoms with van der Waals surface area (Å²) in [6.45, 7) is 6.15. The van der Waals surface area contributed by atoms with E-state index in [9.17, 15) is 9.59 Å². The fraction of sp³-hybridized carbons (Fsp3) is 0.304. The summed E-state index contributed by atoms with van der Waals surface area (Å²) in [4.78, 5) is 24.0. The Balaban J connectivity index is 1.90. The molecule has 0 unspecified atom stereocenters. The van der Waals surface area contributed by atoms with E-state index in [4.69, 9.17) is 14.2 Å². The van der Waals surface area contributed by atoms with Gasteiger partial charge < -0.3 is 19.5 Å². The molecule has 0 saturated carbocycles. The summed E-state index contributed by atoms with van der Waals surface area (Å²) >= 11 is 0. The van der Waals surface area contributed by atoms with Crippen LogP contribution in [0.2, 0.25) is 0 Å². The van der Waals surface area contributed by atoms with Gasteiger partial charge in [-0.1, -0.05) is 38.1 Å². The van der Waals surface area contributed by atoms with Gasteiger partial charge in [-0.25, -0.2) is 4.79 Å². The average molecular weight is 397 g/mol. The van der Waals surface area contributed by atoms with E-state index in [0.29, 0.717) is 18.1 Å². The smallest absolute Gasteiger partial charge is 0.331 e. The standard InChI is InChI=1S/C23H27NO5/c1-5-28-20-12-10-17(14-21(20)27-4)11-13-23(26)29-15-22(25)24-19-9-7-6-8-18(19)16(2)3/h6-14,16H,5,15H2,1-4H3,(H,24,25)/b13-11+. The Morgan fingerprint density at radius 1 is 1.10 bits per heavy atom. The Kier molecular flexibility index (Phi) is 8.27. The Morgan fingerprint density at radius 3 is 2.55 bits per heavy atom. The first-order valence-corrected chi connectivity index (χ1v) is 9.49. The van der Waals surface area contributed by atoms with Gasteiger partial charge >= 0.3 is 5.97 Å². The van der Waals surface area contributed by atoms with Crippen molar-refractivity contribution in [3.05, 3.63) is 59.7 Å². The van der Waals surface area contributed by atoms with Crippen molar-refractivity contribution in [2.45, 2.75) is 26.7 Å². The Morgan fingerprint density at radius 2 is 1.86 bits per heavy atom. The molecular formula is C23H27NO5. The van der Waals surface area contributed by atoms with Gasteiger partial charge in [-0.05, 0) is 48.2 Å². The van der Waals surface area contributed by atoms with Gasteiger partial charge in [0.05, 0.1) is 13.7 Å². The molecule has 0 bridgehead atoms. The van der Waals surface area contributed by atoms with E-state index in [2.05, 4.69) is 5.32 Å². The molecule has 0 radical (unpaired) electrons. The second kappa shape index (κ2) is 10.9.